The minimum atomic E-state index is -0.714. The van der Waals surface area contributed by atoms with Crippen molar-refractivity contribution in [2.24, 2.45) is 0 Å². The number of nitrogen functional groups attached to an aromatic ring is 2. The second kappa shape index (κ2) is 8.61. The van der Waals surface area contributed by atoms with Crippen molar-refractivity contribution >= 4 is 17.4 Å². The van der Waals surface area contributed by atoms with Gasteiger partial charge in [-0.1, -0.05) is 30.2 Å². The summed E-state index contributed by atoms with van der Waals surface area (Å²) in [5.41, 5.74) is 12.4. The molecule has 6 N–H and O–H groups in total. The molecule has 0 amide bonds. The van der Waals surface area contributed by atoms with Crippen LogP contribution in [0.2, 0.25) is 0 Å². The Hall–Kier alpha value is -4.64. The topological polar surface area (TPSA) is 153 Å². The highest BCUT2D eigenvalue weighted by Crippen LogP contribution is 2.33. The van der Waals surface area contributed by atoms with Crippen LogP contribution in [0.3, 0.4) is 0 Å². The van der Waals surface area contributed by atoms with Crippen LogP contribution in [0.1, 0.15) is 23.9 Å². The first kappa shape index (κ1) is 16.9. The molecule has 4 heterocycles. The van der Waals surface area contributed by atoms with Crippen molar-refractivity contribution in [1.82, 2.24) is 24.7 Å². The smallest absolute Gasteiger partial charge is 0.390 e. The first-order valence-corrected chi connectivity index (χ1v) is 10.3. The van der Waals surface area contributed by atoms with E-state index in [1.165, 1.54) is 12.1 Å². The number of halogens is 1. The second-order valence-corrected chi connectivity index (χ2v) is 7.67. The predicted octanol–water partition coefficient (Wildman–Crippen LogP) is 1.59. The number of benzene rings is 1. The monoisotopic (exact) mass is 478 g/mol. The average molecular weight is 479 g/mol. The highest BCUT2D eigenvalue weighted by molar-refractivity contribution is 5.88. The lowest BCUT2D eigenvalue weighted by atomic mass is 9.99. The van der Waals surface area contributed by atoms with Crippen LogP contribution in [0, 0.1) is 12.7 Å². The summed E-state index contributed by atoms with van der Waals surface area (Å²) in [6.45, 7) is 1.11. The fourth-order valence-corrected chi connectivity index (χ4v) is 3.80. The number of aromatic nitrogens is 6. The molecule has 1 aromatic carbocycles. The standard InChI is InChI=1S/C24H21FN8O2/c1-13-9-15(10-17(12-34)28-13)19-20(14-5-3-2-4-6-14)30-23(27)33-22(19)31-32(24(33)35)11-16-7-8-18(25)21(26)29-16/h2-10,34H,11-12H2,1H3,(H4,26,27,28,29,30,31)/p+1/i2D,3D,4D,5D,6D. The number of aliphatic hydroxyl groups is 1. The number of aliphatic hydroxyl groups excluding tert-OH is 1. The van der Waals surface area contributed by atoms with Crippen molar-refractivity contribution in [1.29, 1.82) is 0 Å². The van der Waals surface area contributed by atoms with Gasteiger partial charge in [0.2, 0.25) is 5.65 Å². The fraction of sp³-hybridized carbons (Fsp3) is 0.125. The van der Waals surface area contributed by atoms with E-state index >= 15 is 0 Å². The van der Waals surface area contributed by atoms with Crippen LogP contribution in [-0.2, 0) is 13.2 Å². The number of nitrogens with two attached hydrogens (primary N) is 2. The van der Waals surface area contributed by atoms with Gasteiger partial charge in [-0.15, -0.1) is 9.38 Å². The van der Waals surface area contributed by atoms with Crippen molar-refractivity contribution in [3.05, 3.63) is 87.9 Å². The molecule has 0 radical (unpaired) electrons. The van der Waals surface area contributed by atoms with Crippen molar-refractivity contribution in [3.63, 3.8) is 0 Å². The summed E-state index contributed by atoms with van der Waals surface area (Å²) in [5, 5.41) is 12.7. The third-order valence-electron chi connectivity index (χ3n) is 5.26. The molecule has 0 bridgehead atoms. The largest absolute Gasteiger partial charge is 0.428 e. The summed E-state index contributed by atoms with van der Waals surface area (Å²) >= 11 is 0. The average Bonchev–Trinajstić information content (AvgIpc) is 3.24. The maximum atomic E-state index is 13.6. The molecule has 0 saturated heterocycles. The number of anilines is 2. The van der Waals surface area contributed by atoms with Crippen LogP contribution in [0.25, 0.3) is 28.0 Å². The SMILES string of the molecule is [2H]c1c([2H])c([2H])c(-c2nc(N)[n+]3c(=O)n(Cc4ccc(F)c(N)n4)[nH]c3c2-c2cc(C)nc(CO)c2)c([2H])c1[2H]. The van der Waals surface area contributed by atoms with Crippen LogP contribution >= 0.6 is 0 Å². The zero-order valence-corrected chi connectivity index (χ0v) is 18.3. The minimum absolute atomic E-state index is 0.0730. The maximum Gasteiger partial charge on any atom is 0.428 e. The van der Waals surface area contributed by atoms with Gasteiger partial charge < -0.3 is 16.6 Å². The molecule has 0 spiro atoms. The number of aryl methyl sites for hydroxylation is 1. The number of H-pyrrole nitrogens is 1. The molecule has 0 unspecified atom stereocenters. The molecule has 0 fully saturated rings. The van der Waals surface area contributed by atoms with Crippen LogP contribution in [-0.4, -0.2) is 29.8 Å². The van der Waals surface area contributed by atoms with Gasteiger partial charge in [0.15, 0.2) is 11.6 Å². The predicted molar refractivity (Wildman–Crippen MR) is 127 cm³/mol. The number of rotatable bonds is 5. The normalized spacial score (nSPS) is 13.3. The number of hydrogen-bond acceptors (Lipinski definition) is 7. The molecule has 5 rings (SSSR count). The van der Waals surface area contributed by atoms with Crippen LogP contribution in [0.15, 0.2) is 59.3 Å². The Bertz CT molecular complexity index is 1880. The molecule has 10 nitrogen and oxygen atoms in total. The Labute approximate surface area is 205 Å². The molecule has 0 aliphatic rings. The lowest BCUT2D eigenvalue weighted by molar-refractivity contribution is -0.516. The number of nitrogens with zero attached hydrogens (tertiary/aromatic N) is 5. The van der Waals surface area contributed by atoms with E-state index in [0.29, 0.717) is 11.3 Å². The molecule has 0 saturated carbocycles. The van der Waals surface area contributed by atoms with Crippen molar-refractivity contribution < 1.29 is 20.8 Å². The first-order chi connectivity index (χ1) is 18.9. The molecule has 0 atom stereocenters. The van der Waals surface area contributed by atoms with E-state index < -0.39 is 48.3 Å². The Morgan fingerprint density at radius 2 is 1.89 bits per heavy atom. The summed E-state index contributed by atoms with van der Waals surface area (Å²) < 4.78 is 57.1. The van der Waals surface area contributed by atoms with Gasteiger partial charge in [0.05, 0.1) is 30.4 Å². The third kappa shape index (κ3) is 3.97. The van der Waals surface area contributed by atoms with Gasteiger partial charge in [0.1, 0.15) is 12.2 Å². The number of fused-ring (bicyclic) bond motifs is 1. The van der Waals surface area contributed by atoms with Crippen LogP contribution < -0.4 is 21.6 Å². The summed E-state index contributed by atoms with van der Waals surface area (Å²) in [5.74, 6) is -1.39. The van der Waals surface area contributed by atoms with Gasteiger partial charge in [0, 0.05) is 11.3 Å². The molecule has 35 heavy (non-hydrogen) atoms. The summed E-state index contributed by atoms with van der Waals surface area (Å²) in [7, 11) is 0. The molecule has 0 aliphatic heterocycles. The van der Waals surface area contributed by atoms with Gasteiger partial charge in [-0.3, -0.25) is 4.98 Å². The minimum Gasteiger partial charge on any atom is -0.390 e. The zero-order valence-electron chi connectivity index (χ0n) is 23.3. The zero-order chi connectivity index (χ0) is 29.0. The van der Waals surface area contributed by atoms with E-state index in [9.17, 15) is 14.3 Å². The number of pyridine rings is 2. The van der Waals surface area contributed by atoms with Crippen LogP contribution in [0.4, 0.5) is 16.2 Å². The Balaban J connectivity index is 1.89. The van der Waals surface area contributed by atoms with Gasteiger partial charge >= 0.3 is 11.6 Å². The molecular weight excluding hydrogens is 451 g/mol. The number of nitrogens with one attached hydrogen (secondary N) is 1. The van der Waals surface area contributed by atoms with E-state index in [1.54, 1.807) is 13.0 Å². The quantitative estimate of drug-likeness (QED) is 0.280. The second-order valence-electron chi connectivity index (χ2n) is 7.67. The Morgan fingerprint density at radius 3 is 2.60 bits per heavy atom. The molecule has 0 aliphatic carbocycles. The van der Waals surface area contributed by atoms with E-state index in [4.69, 9.17) is 18.3 Å². The number of hydrogen-bond donors (Lipinski definition) is 4. The van der Waals surface area contributed by atoms with Gasteiger partial charge in [-0.2, -0.15) is 4.68 Å². The third-order valence-corrected chi connectivity index (χ3v) is 5.26. The molecule has 11 heteroatoms. The first-order valence-electron chi connectivity index (χ1n) is 12.8. The lowest BCUT2D eigenvalue weighted by Crippen LogP contribution is -2.44. The lowest BCUT2D eigenvalue weighted by Gasteiger charge is -2.10. The van der Waals surface area contributed by atoms with E-state index in [-0.39, 0.29) is 52.2 Å². The Kier molecular flexibility index (Phi) is 4.16. The van der Waals surface area contributed by atoms with E-state index in [2.05, 4.69) is 20.1 Å². The van der Waals surface area contributed by atoms with Crippen LogP contribution in [0.5, 0.6) is 0 Å². The highest BCUT2D eigenvalue weighted by Gasteiger charge is 2.26. The van der Waals surface area contributed by atoms with Crippen molar-refractivity contribution in [2.75, 3.05) is 11.5 Å². The van der Waals surface area contributed by atoms with E-state index in [0.717, 1.165) is 15.1 Å². The van der Waals surface area contributed by atoms with Gasteiger partial charge in [-0.05, 0) is 36.8 Å². The molecule has 5 aromatic rings. The highest BCUT2D eigenvalue weighted by atomic mass is 19.1. The number of aromatic amines is 1. The van der Waals surface area contributed by atoms with Crippen molar-refractivity contribution in [3.8, 4) is 22.4 Å². The van der Waals surface area contributed by atoms with E-state index in [1.807, 2.05) is 0 Å². The summed E-state index contributed by atoms with van der Waals surface area (Å²) in [4.78, 5) is 26.0. The van der Waals surface area contributed by atoms with Gasteiger partial charge in [0.25, 0.3) is 0 Å². The fourth-order valence-electron chi connectivity index (χ4n) is 3.80. The van der Waals surface area contributed by atoms with Gasteiger partial charge in [-0.25, -0.2) is 19.3 Å². The molecule has 176 valence electrons. The summed E-state index contributed by atoms with van der Waals surface area (Å²) in [6, 6.07) is 2.83. The van der Waals surface area contributed by atoms with Crippen molar-refractivity contribution in [2.45, 2.75) is 20.1 Å². The maximum absolute atomic E-state index is 13.6. The molecular formula is C24H22FN8O2+. The Morgan fingerprint density at radius 1 is 1.11 bits per heavy atom. The molecule has 4 aromatic heterocycles. The summed E-state index contributed by atoms with van der Waals surface area (Å²) in [6.07, 6.45) is 0.